The number of aliphatic hydroxyl groups is 2. The number of aliphatic hydroxyl groups excluding tert-OH is 1. The number of aromatic nitrogens is 1. The number of pyridine rings is 1. The average molecular weight is 434 g/mol. The van der Waals surface area contributed by atoms with Gasteiger partial charge < -0.3 is 10.2 Å². The van der Waals surface area contributed by atoms with Gasteiger partial charge in [-0.3, -0.25) is 4.98 Å². The topological polar surface area (TPSA) is 53.4 Å². The highest BCUT2D eigenvalue weighted by Crippen LogP contribution is 2.65. The van der Waals surface area contributed by atoms with E-state index in [9.17, 15) is 10.2 Å². The second kappa shape index (κ2) is 6.98. The van der Waals surface area contributed by atoms with Crippen LogP contribution in [0.25, 0.3) is 16.5 Å². The molecule has 0 bridgehead atoms. The quantitative estimate of drug-likeness (QED) is 0.562. The maximum absolute atomic E-state index is 16.7. The van der Waals surface area contributed by atoms with E-state index in [-0.39, 0.29) is 17.4 Å². The Balaban J connectivity index is 1.41. The molecule has 3 nitrogen and oxygen atoms in total. The van der Waals surface area contributed by atoms with Crippen LogP contribution in [0, 0.1) is 17.3 Å². The molecule has 2 saturated carbocycles. The van der Waals surface area contributed by atoms with Gasteiger partial charge in [-0.2, -0.15) is 0 Å². The third-order valence-corrected chi connectivity index (χ3v) is 9.31. The van der Waals surface area contributed by atoms with E-state index in [4.69, 9.17) is 0 Å². The highest BCUT2D eigenvalue weighted by Gasteiger charge is 2.65. The van der Waals surface area contributed by atoms with Crippen LogP contribution in [0.1, 0.15) is 63.9 Å². The number of allylic oxidation sites excluding steroid dienone is 2. The van der Waals surface area contributed by atoms with E-state index in [1.807, 2.05) is 24.4 Å². The Kier molecular flexibility index (Phi) is 4.48. The third kappa shape index (κ3) is 2.75. The van der Waals surface area contributed by atoms with Gasteiger partial charge in [-0.1, -0.05) is 36.8 Å². The molecule has 4 heteroatoms. The predicted molar refractivity (Wildman–Crippen MR) is 125 cm³/mol. The SMILES string of the molecule is CC12CCC3(F)C=C4CC(O)CCC4CC[C@]3(O)C1CC=C2c1cccc2ncccc12. The van der Waals surface area contributed by atoms with Gasteiger partial charge in [0.15, 0.2) is 5.67 Å². The Morgan fingerprint density at radius 2 is 1.94 bits per heavy atom. The predicted octanol–water partition coefficient (Wildman–Crippen LogP) is 5.76. The van der Waals surface area contributed by atoms with Crippen LogP contribution in [0.15, 0.2) is 54.3 Å². The van der Waals surface area contributed by atoms with E-state index in [2.05, 4.69) is 30.1 Å². The lowest BCUT2D eigenvalue weighted by Crippen LogP contribution is -2.61. The summed E-state index contributed by atoms with van der Waals surface area (Å²) in [6.45, 7) is 2.23. The van der Waals surface area contributed by atoms with Gasteiger partial charge in [0, 0.05) is 17.5 Å². The first-order chi connectivity index (χ1) is 15.3. The lowest BCUT2D eigenvalue weighted by Gasteiger charge is -2.55. The molecule has 2 aromatic rings. The van der Waals surface area contributed by atoms with Crippen molar-refractivity contribution in [2.75, 3.05) is 0 Å². The smallest absolute Gasteiger partial charge is 0.158 e. The van der Waals surface area contributed by atoms with Gasteiger partial charge in [0.25, 0.3) is 0 Å². The monoisotopic (exact) mass is 433 g/mol. The van der Waals surface area contributed by atoms with Crippen molar-refractivity contribution in [2.45, 2.75) is 75.7 Å². The highest BCUT2D eigenvalue weighted by atomic mass is 19.1. The molecule has 0 radical (unpaired) electrons. The Morgan fingerprint density at radius 1 is 1.06 bits per heavy atom. The van der Waals surface area contributed by atoms with E-state index >= 15 is 4.39 Å². The summed E-state index contributed by atoms with van der Waals surface area (Å²) in [7, 11) is 0. The fraction of sp³-hybridized carbons (Fsp3) is 0.536. The zero-order chi connectivity index (χ0) is 22.1. The minimum absolute atomic E-state index is 0.155. The molecule has 0 aliphatic heterocycles. The van der Waals surface area contributed by atoms with E-state index < -0.39 is 11.3 Å². The van der Waals surface area contributed by atoms with Gasteiger partial charge >= 0.3 is 0 Å². The minimum atomic E-state index is -1.72. The van der Waals surface area contributed by atoms with Crippen molar-refractivity contribution in [1.82, 2.24) is 4.98 Å². The second-order valence-electron chi connectivity index (χ2n) is 10.9. The molecule has 1 aromatic heterocycles. The van der Waals surface area contributed by atoms with E-state index in [1.54, 1.807) is 6.08 Å². The summed E-state index contributed by atoms with van der Waals surface area (Å²) in [6.07, 6.45) is 10.7. The van der Waals surface area contributed by atoms with Crippen LogP contribution in [0.2, 0.25) is 0 Å². The Hall–Kier alpha value is -2.04. The molecule has 4 aliphatic carbocycles. The summed E-state index contributed by atoms with van der Waals surface area (Å²) in [5.74, 6) is 0.141. The molecule has 4 aliphatic rings. The first-order valence-corrected chi connectivity index (χ1v) is 12.2. The third-order valence-electron chi connectivity index (χ3n) is 9.31. The number of benzene rings is 1. The van der Waals surface area contributed by atoms with Crippen molar-refractivity contribution < 1.29 is 14.6 Å². The summed E-state index contributed by atoms with van der Waals surface area (Å²) >= 11 is 0. The molecule has 0 spiro atoms. The number of hydrogen-bond acceptors (Lipinski definition) is 3. The van der Waals surface area contributed by atoms with E-state index in [0.717, 1.165) is 35.7 Å². The average Bonchev–Trinajstić information content (AvgIpc) is 3.08. The van der Waals surface area contributed by atoms with Gasteiger partial charge in [0.1, 0.15) is 5.60 Å². The van der Waals surface area contributed by atoms with Crippen LogP contribution in [0.4, 0.5) is 4.39 Å². The molecule has 2 fully saturated rings. The van der Waals surface area contributed by atoms with Crippen LogP contribution in [-0.4, -0.2) is 32.6 Å². The van der Waals surface area contributed by atoms with Crippen LogP contribution in [0.3, 0.4) is 0 Å². The number of nitrogens with zero attached hydrogens (tertiary/aromatic N) is 1. The zero-order valence-corrected chi connectivity index (χ0v) is 18.7. The Morgan fingerprint density at radius 3 is 2.81 bits per heavy atom. The van der Waals surface area contributed by atoms with Gasteiger partial charge in [0.05, 0.1) is 11.6 Å². The molecule has 2 N–H and O–H groups in total. The standard InChI is InChI=1S/C28H32FNO2/c1-26-13-14-27(29)17-19-16-20(31)8-7-18(19)11-12-28(27,32)25(26)10-9-23(26)21-4-2-6-24-22(21)5-3-15-30-24/h2-6,9,15,17-18,20,25,31-32H,7-8,10-14,16H2,1H3/t18?,20?,25?,26?,27?,28-/m0/s1. The lowest BCUT2D eigenvalue weighted by molar-refractivity contribution is -0.172. The summed E-state index contributed by atoms with van der Waals surface area (Å²) in [6, 6.07) is 10.3. The summed E-state index contributed by atoms with van der Waals surface area (Å²) < 4.78 is 16.7. The van der Waals surface area contributed by atoms with Gasteiger partial charge in [-0.05, 0) is 92.0 Å². The van der Waals surface area contributed by atoms with Gasteiger partial charge in [-0.25, -0.2) is 4.39 Å². The summed E-state index contributed by atoms with van der Waals surface area (Å²) in [4.78, 5) is 4.53. The maximum Gasteiger partial charge on any atom is 0.158 e. The Bertz CT molecular complexity index is 1140. The first-order valence-electron chi connectivity index (χ1n) is 12.2. The second-order valence-corrected chi connectivity index (χ2v) is 10.9. The number of alkyl halides is 1. The van der Waals surface area contributed by atoms with Crippen molar-refractivity contribution >= 4 is 16.5 Å². The summed E-state index contributed by atoms with van der Waals surface area (Å²) in [5.41, 5.74) is 1.03. The largest absolute Gasteiger partial charge is 0.393 e. The first kappa shape index (κ1) is 20.6. The number of hydrogen-bond donors (Lipinski definition) is 2. The number of halogens is 1. The van der Waals surface area contributed by atoms with Crippen LogP contribution < -0.4 is 0 Å². The normalized spacial score (nSPS) is 41.2. The van der Waals surface area contributed by atoms with E-state index in [1.165, 1.54) is 11.1 Å². The van der Waals surface area contributed by atoms with E-state index in [0.29, 0.717) is 38.0 Å². The van der Waals surface area contributed by atoms with Gasteiger partial charge in [0.2, 0.25) is 0 Å². The molecule has 5 unspecified atom stereocenters. The fourth-order valence-corrected chi connectivity index (χ4v) is 7.54. The summed E-state index contributed by atoms with van der Waals surface area (Å²) in [5, 5.41) is 23.4. The minimum Gasteiger partial charge on any atom is -0.393 e. The zero-order valence-electron chi connectivity index (χ0n) is 18.7. The van der Waals surface area contributed by atoms with Crippen molar-refractivity contribution in [3.8, 4) is 0 Å². The highest BCUT2D eigenvalue weighted by molar-refractivity contribution is 5.93. The maximum atomic E-state index is 16.7. The van der Waals surface area contributed by atoms with Crippen LogP contribution in [-0.2, 0) is 0 Å². The fourth-order valence-electron chi connectivity index (χ4n) is 7.54. The molecule has 6 rings (SSSR count). The molecule has 168 valence electrons. The van der Waals surface area contributed by atoms with Crippen molar-refractivity contribution in [3.63, 3.8) is 0 Å². The van der Waals surface area contributed by atoms with Crippen LogP contribution in [0.5, 0.6) is 0 Å². The van der Waals surface area contributed by atoms with Crippen molar-refractivity contribution in [1.29, 1.82) is 0 Å². The molecule has 0 saturated heterocycles. The molecule has 1 heterocycles. The molecule has 0 amide bonds. The van der Waals surface area contributed by atoms with Crippen molar-refractivity contribution in [2.24, 2.45) is 17.3 Å². The Labute approximate surface area is 189 Å². The molecule has 1 aromatic carbocycles. The molecular formula is C28H32FNO2. The van der Waals surface area contributed by atoms with Gasteiger partial charge in [-0.15, -0.1) is 0 Å². The molecule has 32 heavy (non-hydrogen) atoms. The molecular weight excluding hydrogens is 401 g/mol. The lowest BCUT2D eigenvalue weighted by atomic mass is 9.53. The van der Waals surface area contributed by atoms with Crippen LogP contribution >= 0.6 is 0 Å². The molecule has 6 atom stereocenters. The number of fused-ring (bicyclic) bond motifs is 5. The van der Waals surface area contributed by atoms with Crippen molar-refractivity contribution in [3.05, 3.63) is 59.8 Å². The number of rotatable bonds is 1.